The van der Waals surface area contributed by atoms with E-state index in [0.29, 0.717) is 5.92 Å². The molecule has 0 bridgehead atoms. The molecule has 0 amide bonds. The number of hydrogen-bond acceptors (Lipinski definition) is 0. The fourth-order valence-corrected chi connectivity index (χ4v) is 0.892. The van der Waals surface area contributed by atoms with E-state index in [-0.39, 0.29) is 0 Å². The molecule has 38 valence electrons. The molecule has 0 spiro atoms. The van der Waals surface area contributed by atoms with Crippen LogP contribution in [0.5, 0.6) is 0 Å². The normalized spacial score (nSPS) is 29.0. The van der Waals surface area contributed by atoms with Crippen LogP contribution in [-0.2, 0) is 0 Å². The van der Waals surface area contributed by atoms with Crippen molar-refractivity contribution in [2.24, 2.45) is 5.92 Å². The Balaban J connectivity index is 2.28. The van der Waals surface area contributed by atoms with Crippen LogP contribution in [0.15, 0.2) is 12.2 Å². The zero-order valence-corrected chi connectivity index (χ0v) is 4.43. The SMILES string of the molecule is [CH]CC1C=CCC1. The van der Waals surface area contributed by atoms with E-state index in [4.69, 9.17) is 6.92 Å². The lowest BCUT2D eigenvalue weighted by molar-refractivity contribution is 0.642. The van der Waals surface area contributed by atoms with Crippen LogP contribution in [0.4, 0.5) is 0 Å². The Bertz CT molecular complexity index is 72.1. The summed E-state index contributed by atoms with van der Waals surface area (Å²) in [6.45, 7) is 5.38. The van der Waals surface area contributed by atoms with Crippen molar-refractivity contribution in [3.8, 4) is 0 Å². The highest BCUT2D eigenvalue weighted by Crippen LogP contribution is 2.18. The first-order chi connectivity index (χ1) is 3.43. The molecule has 0 aromatic carbocycles. The Morgan fingerprint density at radius 3 is 2.86 bits per heavy atom. The Labute approximate surface area is 45.2 Å². The van der Waals surface area contributed by atoms with Gasteiger partial charge in [-0.05, 0) is 32.1 Å². The van der Waals surface area contributed by atoms with E-state index in [2.05, 4.69) is 12.2 Å². The molecule has 0 heterocycles. The van der Waals surface area contributed by atoms with E-state index in [1.54, 1.807) is 0 Å². The first-order valence-corrected chi connectivity index (χ1v) is 2.80. The van der Waals surface area contributed by atoms with Crippen molar-refractivity contribution in [3.05, 3.63) is 19.1 Å². The van der Waals surface area contributed by atoms with Crippen LogP contribution < -0.4 is 0 Å². The van der Waals surface area contributed by atoms with E-state index >= 15 is 0 Å². The van der Waals surface area contributed by atoms with Gasteiger partial charge in [-0.2, -0.15) is 0 Å². The summed E-state index contributed by atoms with van der Waals surface area (Å²) in [6, 6.07) is 0. The topological polar surface area (TPSA) is 0 Å². The molecule has 0 aromatic heterocycles. The van der Waals surface area contributed by atoms with E-state index < -0.39 is 0 Å². The van der Waals surface area contributed by atoms with Gasteiger partial charge in [0, 0.05) is 0 Å². The van der Waals surface area contributed by atoms with Gasteiger partial charge in [0.05, 0.1) is 0 Å². The second-order valence-corrected chi connectivity index (χ2v) is 2.00. The summed E-state index contributed by atoms with van der Waals surface area (Å²) in [5.74, 6) is 0.694. The highest BCUT2D eigenvalue weighted by Gasteiger charge is 2.03. The molecule has 0 aliphatic heterocycles. The third-order valence-corrected chi connectivity index (χ3v) is 1.42. The van der Waals surface area contributed by atoms with Crippen molar-refractivity contribution in [3.63, 3.8) is 0 Å². The molecule has 2 radical (unpaired) electrons. The van der Waals surface area contributed by atoms with E-state index in [1.807, 2.05) is 0 Å². The third kappa shape index (κ3) is 1.05. The molecular formula is C7H10. The van der Waals surface area contributed by atoms with Crippen molar-refractivity contribution in [1.29, 1.82) is 0 Å². The van der Waals surface area contributed by atoms with Crippen molar-refractivity contribution >= 4 is 0 Å². The number of rotatable bonds is 1. The van der Waals surface area contributed by atoms with Gasteiger partial charge in [-0.25, -0.2) is 0 Å². The minimum Gasteiger partial charge on any atom is -0.0882 e. The van der Waals surface area contributed by atoms with Crippen molar-refractivity contribution < 1.29 is 0 Å². The second kappa shape index (κ2) is 2.15. The average molecular weight is 94.2 g/mol. The maximum absolute atomic E-state index is 5.38. The molecule has 0 saturated heterocycles. The Hall–Kier alpha value is -0.260. The summed E-state index contributed by atoms with van der Waals surface area (Å²) in [6.07, 6.45) is 7.76. The zero-order valence-electron chi connectivity index (χ0n) is 4.43. The van der Waals surface area contributed by atoms with Crippen LogP contribution >= 0.6 is 0 Å². The molecule has 0 aromatic rings. The highest BCUT2D eigenvalue weighted by atomic mass is 14.1. The summed E-state index contributed by atoms with van der Waals surface area (Å²) in [4.78, 5) is 0. The van der Waals surface area contributed by atoms with Crippen LogP contribution in [0.1, 0.15) is 19.3 Å². The monoisotopic (exact) mass is 94.1 g/mol. The largest absolute Gasteiger partial charge is 0.0882 e. The number of allylic oxidation sites excluding steroid dienone is 2. The highest BCUT2D eigenvalue weighted by molar-refractivity contribution is 4.95. The van der Waals surface area contributed by atoms with Gasteiger partial charge in [0.15, 0.2) is 0 Å². The van der Waals surface area contributed by atoms with Crippen molar-refractivity contribution in [2.45, 2.75) is 19.3 Å². The summed E-state index contributed by atoms with van der Waals surface area (Å²) in [5.41, 5.74) is 0. The van der Waals surface area contributed by atoms with E-state index in [9.17, 15) is 0 Å². The number of hydrogen-bond donors (Lipinski definition) is 0. The summed E-state index contributed by atoms with van der Waals surface area (Å²) < 4.78 is 0. The molecule has 1 unspecified atom stereocenters. The van der Waals surface area contributed by atoms with Crippen LogP contribution in [0.3, 0.4) is 0 Å². The van der Waals surface area contributed by atoms with Gasteiger partial charge >= 0.3 is 0 Å². The van der Waals surface area contributed by atoms with Crippen LogP contribution in [-0.4, -0.2) is 0 Å². The predicted molar refractivity (Wildman–Crippen MR) is 30.8 cm³/mol. The van der Waals surface area contributed by atoms with Crippen LogP contribution in [0, 0.1) is 12.8 Å². The van der Waals surface area contributed by atoms with E-state index in [0.717, 1.165) is 6.42 Å². The second-order valence-electron chi connectivity index (χ2n) is 2.00. The predicted octanol–water partition coefficient (Wildman–Crippen LogP) is 2.05. The summed E-state index contributed by atoms with van der Waals surface area (Å²) >= 11 is 0. The van der Waals surface area contributed by atoms with Gasteiger partial charge in [-0.1, -0.05) is 12.2 Å². The minimum absolute atomic E-state index is 0.694. The van der Waals surface area contributed by atoms with Crippen LogP contribution in [0.2, 0.25) is 0 Å². The smallest absolute Gasteiger partial charge is 0.0228 e. The lowest BCUT2D eigenvalue weighted by atomic mass is 10.1. The van der Waals surface area contributed by atoms with Gasteiger partial charge in [-0.15, -0.1) is 0 Å². The molecule has 1 atom stereocenters. The summed E-state index contributed by atoms with van der Waals surface area (Å²) in [7, 11) is 0. The lowest BCUT2D eigenvalue weighted by Crippen LogP contribution is -1.85. The molecule has 1 aliphatic rings. The molecule has 7 heavy (non-hydrogen) atoms. The lowest BCUT2D eigenvalue weighted by Gasteiger charge is -1.97. The molecule has 1 rings (SSSR count). The standard InChI is InChI=1S/C7H10/c1-2-7-5-3-4-6-7/h1,3,5,7H,2,4,6H2. The Kier molecular flexibility index (Phi) is 1.50. The van der Waals surface area contributed by atoms with E-state index in [1.165, 1.54) is 12.8 Å². The molecular weight excluding hydrogens is 84.1 g/mol. The fraction of sp³-hybridized carbons (Fsp3) is 0.571. The van der Waals surface area contributed by atoms with Gasteiger partial charge in [0.1, 0.15) is 0 Å². The molecule has 0 heteroatoms. The maximum Gasteiger partial charge on any atom is -0.0228 e. The van der Waals surface area contributed by atoms with Crippen molar-refractivity contribution in [2.75, 3.05) is 0 Å². The maximum atomic E-state index is 5.38. The Morgan fingerprint density at radius 1 is 1.71 bits per heavy atom. The molecule has 0 nitrogen and oxygen atoms in total. The quantitative estimate of drug-likeness (QED) is 0.436. The summed E-state index contributed by atoms with van der Waals surface area (Å²) in [5, 5.41) is 0. The molecule has 0 fully saturated rings. The van der Waals surface area contributed by atoms with Gasteiger partial charge in [0.2, 0.25) is 0 Å². The average Bonchev–Trinajstić information content (AvgIpc) is 2.14. The first-order valence-electron chi connectivity index (χ1n) is 2.80. The Morgan fingerprint density at radius 2 is 2.57 bits per heavy atom. The fourth-order valence-electron chi connectivity index (χ4n) is 0.892. The van der Waals surface area contributed by atoms with Gasteiger partial charge < -0.3 is 0 Å². The molecule has 1 aliphatic carbocycles. The zero-order chi connectivity index (χ0) is 5.11. The third-order valence-electron chi connectivity index (χ3n) is 1.42. The minimum atomic E-state index is 0.694. The van der Waals surface area contributed by atoms with Gasteiger partial charge in [-0.3, -0.25) is 0 Å². The van der Waals surface area contributed by atoms with Gasteiger partial charge in [0.25, 0.3) is 0 Å². The molecule has 0 N–H and O–H groups in total. The van der Waals surface area contributed by atoms with Crippen molar-refractivity contribution in [1.82, 2.24) is 0 Å². The first kappa shape index (κ1) is 4.89. The van der Waals surface area contributed by atoms with Crippen LogP contribution in [0.25, 0.3) is 0 Å². The molecule has 0 saturated carbocycles.